The Hall–Kier alpha value is -2.73. The van der Waals surface area contributed by atoms with Gasteiger partial charge in [0.15, 0.2) is 11.6 Å². The standard InChI is InChI=1S/C17H16N4OS/c1-2-11-7-9-12(10-8-11)18-17(23)21-20-16-15(22)13-5-3-4-6-14(13)19-16/h3-10,19,22H,2H2,1H3,(H,18,23). The third kappa shape index (κ3) is 3.37. The van der Waals surface area contributed by atoms with Gasteiger partial charge in [-0.05, 0) is 48.5 Å². The molecule has 0 aliphatic heterocycles. The van der Waals surface area contributed by atoms with Gasteiger partial charge in [-0.2, -0.15) is 0 Å². The van der Waals surface area contributed by atoms with E-state index in [0.717, 1.165) is 17.6 Å². The second kappa shape index (κ2) is 6.58. The molecule has 0 aliphatic carbocycles. The van der Waals surface area contributed by atoms with Crippen molar-refractivity contribution in [2.45, 2.75) is 13.3 Å². The Balaban J connectivity index is 1.73. The van der Waals surface area contributed by atoms with Crippen LogP contribution in [0.5, 0.6) is 5.75 Å². The number of H-pyrrole nitrogens is 1. The van der Waals surface area contributed by atoms with Crippen molar-refractivity contribution in [2.24, 2.45) is 10.2 Å². The van der Waals surface area contributed by atoms with Gasteiger partial charge in [-0.3, -0.25) is 0 Å². The number of aryl methyl sites for hydroxylation is 1. The van der Waals surface area contributed by atoms with Gasteiger partial charge in [0, 0.05) is 11.1 Å². The number of hydrogen-bond acceptors (Lipinski definition) is 3. The van der Waals surface area contributed by atoms with Crippen LogP contribution in [0.25, 0.3) is 10.9 Å². The molecule has 116 valence electrons. The van der Waals surface area contributed by atoms with Gasteiger partial charge in [0.2, 0.25) is 5.11 Å². The van der Waals surface area contributed by atoms with Gasteiger partial charge >= 0.3 is 0 Å². The number of thiocarbonyl (C=S) groups is 1. The Labute approximate surface area is 139 Å². The molecule has 0 atom stereocenters. The first kappa shape index (κ1) is 15.2. The van der Waals surface area contributed by atoms with E-state index < -0.39 is 0 Å². The summed E-state index contributed by atoms with van der Waals surface area (Å²) in [5.74, 6) is 0.358. The number of fused-ring (bicyclic) bond motifs is 1. The molecule has 0 saturated carbocycles. The molecule has 0 fully saturated rings. The number of benzene rings is 2. The number of anilines is 1. The van der Waals surface area contributed by atoms with Crippen LogP contribution in [0.15, 0.2) is 58.8 Å². The lowest BCUT2D eigenvalue weighted by atomic mass is 10.1. The number of aromatic amines is 1. The van der Waals surface area contributed by atoms with Gasteiger partial charge in [-0.1, -0.05) is 31.2 Å². The highest BCUT2D eigenvalue weighted by atomic mass is 32.1. The normalized spacial score (nSPS) is 11.2. The van der Waals surface area contributed by atoms with Gasteiger partial charge in [0.05, 0.1) is 5.52 Å². The summed E-state index contributed by atoms with van der Waals surface area (Å²) in [5.41, 5.74) is 2.91. The summed E-state index contributed by atoms with van der Waals surface area (Å²) in [6.45, 7) is 2.11. The van der Waals surface area contributed by atoms with E-state index in [0.29, 0.717) is 5.39 Å². The van der Waals surface area contributed by atoms with Crippen molar-refractivity contribution in [1.82, 2.24) is 4.98 Å². The first-order valence-corrected chi connectivity index (χ1v) is 7.69. The van der Waals surface area contributed by atoms with E-state index >= 15 is 0 Å². The van der Waals surface area contributed by atoms with Crippen molar-refractivity contribution in [2.75, 3.05) is 5.32 Å². The topological polar surface area (TPSA) is 72.8 Å². The Morgan fingerprint density at radius 2 is 1.91 bits per heavy atom. The third-order valence-electron chi connectivity index (χ3n) is 3.51. The van der Waals surface area contributed by atoms with E-state index in [1.807, 2.05) is 48.5 Å². The fourth-order valence-electron chi connectivity index (χ4n) is 2.25. The maximum absolute atomic E-state index is 10.1. The Morgan fingerprint density at radius 1 is 1.17 bits per heavy atom. The quantitative estimate of drug-likeness (QED) is 0.473. The van der Waals surface area contributed by atoms with Gasteiger partial charge in [-0.25, -0.2) is 0 Å². The number of nitrogens with zero attached hydrogens (tertiary/aromatic N) is 2. The molecule has 23 heavy (non-hydrogen) atoms. The van der Waals surface area contributed by atoms with Crippen molar-refractivity contribution in [3.05, 3.63) is 54.1 Å². The van der Waals surface area contributed by atoms with Gasteiger partial charge < -0.3 is 15.4 Å². The summed E-state index contributed by atoms with van der Waals surface area (Å²) in [7, 11) is 0. The van der Waals surface area contributed by atoms with Gasteiger partial charge in [-0.15, -0.1) is 10.2 Å². The van der Waals surface area contributed by atoms with Crippen LogP contribution in [0.1, 0.15) is 12.5 Å². The van der Waals surface area contributed by atoms with E-state index in [1.165, 1.54) is 5.56 Å². The van der Waals surface area contributed by atoms with E-state index in [9.17, 15) is 5.11 Å². The van der Waals surface area contributed by atoms with Crippen molar-refractivity contribution in [3.63, 3.8) is 0 Å². The molecule has 0 radical (unpaired) electrons. The van der Waals surface area contributed by atoms with Crippen LogP contribution in [0.2, 0.25) is 0 Å². The van der Waals surface area contributed by atoms with Gasteiger partial charge in [0.25, 0.3) is 0 Å². The Morgan fingerprint density at radius 3 is 2.61 bits per heavy atom. The second-order valence-corrected chi connectivity index (χ2v) is 5.44. The number of para-hydroxylation sites is 1. The largest absolute Gasteiger partial charge is 0.504 e. The molecular formula is C17H16N4OS. The highest BCUT2D eigenvalue weighted by Gasteiger charge is 2.09. The summed E-state index contributed by atoms with van der Waals surface area (Å²) in [6.07, 6.45) is 0.990. The van der Waals surface area contributed by atoms with Crippen LogP contribution in [-0.2, 0) is 6.42 Å². The fourth-order valence-corrected chi connectivity index (χ4v) is 2.41. The van der Waals surface area contributed by atoms with Crippen LogP contribution >= 0.6 is 12.2 Å². The molecule has 1 heterocycles. The number of aromatic nitrogens is 1. The molecule has 0 saturated heterocycles. The molecule has 0 bridgehead atoms. The smallest absolute Gasteiger partial charge is 0.218 e. The molecule has 0 spiro atoms. The minimum Gasteiger partial charge on any atom is -0.504 e. The molecule has 2 aromatic carbocycles. The second-order valence-electron chi connectivity index (χ2n) is 5.05. The van der Waals surface area contributed by atoms with Crippen molar-refractivity contribution < 1.29 is 5.11 Å². The van der Waals surface area contributed by atoms with Crippen LogP contribution in [0, 0.1) is 0 Å². The lowest BCUT2D eigenvalue weighted by Gasteiger charge is -2.03. The number of aromatic hydroxyl groups is 1. The number of azo groups is 1. The maximum atomic E-state index is 10.1. The van der Waals surface area contributed by atoms with Crippen molar-refractivity contribution in [3.8, 4) is 5.75 Å². The lowest BCUT2D eigenvalue weighted by Crippen LogP contribution is -2.04. The van der Waals surface area contributed by atoms with E-state index in [2.05, 4.69) is 27.5 Å². The zero-order valence-corrected chi connectivity index (χ0v) is 13.4. The Kier molecular flexibility index (Phi) is 4.34. The summed E-state index contributed by atoms with van der Waals surface area (Å²) < 4.78 is 0. The summed E-state index contributed by atoms with van der Waals surface area (Å²) in [6, 6.07) is 15.4. The number of rotatable bonds is 3. The number of nitrogens with one attached hydrogen (secondary N) is 2. The van der Waals surface area contributed by atoms with Crippen LogP contribution < -0.4 is 5.32 Å². The van der Waals surface area contributed by atoms with Crippen molar-refractivity contribution in [1.29, 1.82) is 0 Å². The van der Waals surface area contributed by atoms with E-state index in [-0.39, 0.29) is 16.7 Å². The SMILES string of the molecule is CCc1ccc(NC(=S)N=Nc2[nH]c3ccccc3c2O)cc1. The lowest BCUT2D eigenvalue weighted by molar-refractivity contribution is 0.482. The first-order chi connectivity index (χ1) is 11.2. The molecule has 5 nitrogen and oxygen atoms in total. The molecule has 3 rings (SSSR count). The van der Waals surface area contributed by atoms with Gasteiger partial charge in [0.1, 0.15) is 0 Å². The molecule has 0 unspecified atom stereocenters. The zero-order chi connectivity index (χ0) is 16.2. The third-order valence-corrected chi connectivity index (χ3v) is 3.70. The molecule has 0 amide bonds. The highest BCUT2D eigenvalue weighted by molar-refractivity contribution is 7.80. The monoisotopic (exact) mass is 324 g/mol. The summed E-state index contributed by atoms with van der Waals surface area (Å²) in [4.78, 5) is 3.00. The average molecular weight is 324 g/mol. The molecule has 6 heteroatoms. The van der Waals surface area contributed by atoms with E-state index in [4.69, 9.17) is 12.2 Å². The predicted molar refractivity (Wildman–Crippen MR) is 96.5 cm³/mol. The molecule has 0 aliphatic rings. The molecule has 3 N–H and O–H groups in total. The summed E-state index contributed by atoms with van der Waals surface area (Å²) >= 11 is 5.15. The maximum Gasteiger partial charge on any atom is 0.218 e. The predicted octanol–water partition coefficient (Wildman–Crippen LogP) is 4.92. The highest BCUT2D eigenvalue weighted by Crippen LogP contribution is 2.34. The van der Waals surface area contributed by atoms with Crippen LogP contribution in [0.4, 0.5) is 11.5 Å². The van der Waals surface area contributed by atoms with E-state index in [1.54, 1.807) is 0 Å². The molecule has 1 aromatic heterocycles. The Bertz CT molecular complexity index is 868. The minimum atomic E-state index is 0.0689. The summed E-state index contributed by atoms with van der Waals surface area (Å²) in [5, 5.41) is 22.0. The van der Waals surface area contributed by atoms with Crippen LogP contribution in [0.3, 0.4) is 0 Å². The van der Waals surface area contributed by atoms with Crippen molar-refractivity contribution >= 4 is 39.7 Å². The van der Waals surface area contributed by atoms with Crippen LogP contribution in [-0.4, -0.2) is 15.2 Å². The average Bonchev–Trinajstić information content (AvgIpc) is 2.90. The molecule has 3 aromatic rings. The number of hydrogen-bond donors (Lipinski definition) is 3. The molecular weight excluding hydrogens is 308 g/mol. The first-order valence-electron chi connectivity index (χ1n) is 7.28. The fraction of sp³-hybridized carbons (Fsp3) is 0.118. The minimum absolute atomic E-state index is 0.0689. The zero-order valence-electron chi connectivity index (χ0n) is 12.6.